The molecule has 0 atom stereocenters. The summed E-state index contributed by atoms with van der Waals surface area (Å²) in [6.45, 7) is 15.5. The lowest BCUT2D eigenvalue weighted by Gasteiger charge is -2.35. The van der Waals surface area contributed by atoms with Crippen molar-refractivity contribution in [3.05, 3.63) is 70.3 Å². The van der Waals surface area contributed by atoms with Crippen molar-refractivity contribution >= 4 is 28.8 Å². The van der Waals surface area contributed by atoms with Crippen molar-refractivity contribution in [3.8, 4) is 10.6 Å². The van der Waals surface area contributed by atoms with Gasteiger partial charge in [-0.15, -0.1) is 11.3 Å². The van der Waals surface area contributed by atoms with Gasteiger partial charge in [0.1, 0.15) is 16.7 Å². The molecule has 8 nitrogen and oxygen atoms in total. The van der Waals surface area contributed by atoms with E-state index < -0.39 is 0 Å². The van der Waals surface area contributed by atoms with E-state index in [1.165, 1.54) is 0 Å². The highest BCUT2D eigenvalue weighted by Gasteiger charge is 2.21. The summed E-state index contributed by atoms with van der Waals surface area (Å²) in [6, 6.07) is 2.14. The molecule has 9 heteroatoms. The van der Waals surface area contributed by atoms with Gasteiger partial charge in [0.05, 0.1) is 0 Å². The molecule has 1 aliphatic rings. The van der Waals surface area contributed by atoms with E-state index in [9.17, 15) is 4.79 Å². The maximum absolute atomic E-state index is 11.9. The predicted octanol–water partition coefficient (Wildman–Crippen LogP) is 5.95. The van der Waals surface area contributed by atoms with E-state index in [0.717, 1.165) is 82.0 Å². The second-order valence-corrected chi connectivity index (χ2v) is 11.4. The van der Waals surface area contributed by atoms with Crippen LogP contribution in [0.4, 0.5) is 0 Å². The molecule has 1 N–H and O–H groups in total. The Kier molecular flexibility index (Phi) is 12.5. The molecule has 1 saturated heterocycles. The zero-order valence-corrected chi connectivity index (χ0v) is 26.5. The number of hydrogen-bond donors (Lipinski definition) is 1. The average molecular weight is 576 g/mol. The summed E-state index contributed by atoms with van der Waals surface area (Å²) < 4.78 is 0. The van der Waals surface area contributed by atoms with Crippen molar-refractivity contribution in [2.24, 2.45) is 9.98 Å². The number of pyridine rings is 1. The summed E-state index contributed by atoms with van der Waals surface area (Å²) in [5, 5.41) is 4.61. The van der Waals surface area contributed by atoms with Gasteiger partial charge >= 0.3 is 0 Å². The number of hydrogen-bond acceptors (Lipinski definition) is 7. The summed E-state index contributed by atoms with van der Waals surface area (Å²) >= 11 is 1.66. The SMILES string of the molecule is CC/C=C(/C=C\C(C)=N/C)CN/C(=N/C(=C/CCC)N1CCN(C(C)=O)CC1)c1cc(-c2ncc(C)s2)cnc1C. The fourth-order valence-corrected chi connectivity index (χ4v) is 5.15. The minimum absolute atomic E-state index is 0.122. The Balaban J connectivity index is 2.04. The number of thiazole rings is 1. The Morgan fingerprint density at radius 2 is 1.78 bits per heavy atom. The van der Waals surface area contributed by atoms with Crippen LogP contribution in [0.5, 0.6) is 0 Å². The van der Waals surface area contributed by atoms with Gasteiger partial charge in [-0.2, -0.15) is 0 Å². The minimum Gasteiger partial charge on any atom is -0.365 e. The van der Waals surface area contributed by atoms with Crippen LogP contribution in [0.25, 0.3) is 10.6 Å². The van der Waals surface area contributed by atoms with Crippen LogP contribution in [0.3, 0.4) is 0 Å². The molecule has 1 fully saturated rings. The lowest BCUT2D eigenvalue weighted by atomic mass is 10.1. The van der Waals surface area contributed by atoms with Crippen LogP contribution in [0.1, 0.15) is 63.1 Å². The third kappa shape index (κ3) is 9.49. The van der Waals surface area contributed by atoms with Gasteiger partial charge in [-0.25, -0.2) is 9.98 Å². The third-order valence-electron chi connectivity index (χ3n) is 6.92. The number of piperazine rings is 1. The molecular formula is C32H45N7OS. The predicted molar refractivity (Wildman–Crippen MR) is 173 cm³/mol. The number of nitrogens with one attached hydrogen (secondary N) is 1. The molecule has 1 amide bonds. The highest BCUT2D eigenvalue weighted by molar-refractivity contribution is 7.14. The van der Waals surface area contributed by atoms with Gasteiger partial charge in [0.2, 0.25) is 5.91 Å². The zero-order valence-electron chi connectivity index (χ0n) is 25.7. The first-order valence-electron chi connectivity index (χ1n) is 14.5. The van der Waals surface area contributed by atoms with Crippen LogP contribution in [-0.4, -0.2) is 77.0 Å². The Morgan fingerprint density at radius 1 is 1.05 bits per heavy atom. The first kappa shape index (κ1) is 31.9. The molecule has 3 rings (SSSR count). The van der Waals surface area contributed by atoms with Crippen LogP contribution in [0.2, 0.25) is 0 Å². The van der Waals surface area contributed by atoms with Gasteiger partial charge in [0, 0.05) is 86.5 Å². The molecule has 0 aliphatic carbocycles. The molecule has 0 spiro atoms. The Bertz CT molecular complexity index is 1330. The Morgan fingerprint density at radius 3 is 2.39 bits per heavy atom. The number of aryl methyl sites for hydroxylation is 2. The van der Waals surface area contributed by atoms with Crippen LogP contribution in [0, 0.1) is 13.8 Å². The summed E-state index contributed by atoms with van der Waals surface area (Å²) in [5.41, 5.74) is 4.96. The molecule has 2 aromatic heterocycles. The molecular weight excluding hydrogens is 530 g/mol. The van der Waals surface area contributed by atoms with E-state index in [1.54, 1.807) is 25.3 Å². The van der Waals surface area contributed by atoms with E-state index in [0.29, 0.717) is 19.6 Å². The second kappa shape index (κ2) is 16.0. The number of carbonyl (C=O) groups is 1. The second-order valence-electron chi connectivity index (χ2n) is 10.2. The molecule has 0 radical (unpaired) electrons. The van der Waals surface area contributed by atoms with Crippen molar-refractivity contribution in [1.82, 2.24) is 25.1 Å². The first-order valence-corrected chi connectivity index (χ1v) is 15.3. The molecule has 220 valence electrons. The van der Waals surface area contributed by atoms with Crippen molar-refractivity contribution in [2.75, 3.05) is 39.8 Å². The summed E-state index contributed by atoms with van der Waals surface area (Å²) in [5.74, 6) is 1.83. The molecule has 3 heterocycles. The number of unbranched alkanes of at least 4 members (excludes halogenated alkanes) is 1. The fraction of sp³-hybridized carbons (Fsp3) is 0.469. The molecule has 0 bridgehead atoms. The lowest BCUT2D eigenvalue weighted by Crippen LogP contribution is -2.47. The topological polar surface area (TPSA) is 86.1 Å². The summed E-state index contributed by atoms with van der Waals surface area (Å²) in [4.78, 5) is 36.2. The van der Waals surface area contributed by atoms with E-state index in [4.69, 9.17) is 9.98 Å². The van der Waals surface area contributed by atoms with Crippen LogP contribution in [0.15, 0.2) is 64.1 Å². The van der Waals surface area contributed by atoms with Crippen LogP contribution >= 0.6 is 11.3 Å². The highest BCUT2D eigenvalue weighted by Crippen LogP contribution is 2.26. The van der Waals surface area contributed by atoms with E-state index in [2.05, 4.69) is 65.3 Å². The molecule has 0 saturated carbocycles. The average Bonchev–Trinajstić information content (AvgIpc) is 3.41. The third-order valence-corrected chi connectivity index (χ3v) is 7.88. The maximum Gasteiger partial charge on any atom is 0.219 e. The van der Waals surface area contributed by atoms with Gasteiger partial charge in [-0.05, 0) is 57.4 Å². The molecule has 41 heavy (non-hydrogen) atoms. The smallest absolute Gasteiger partial charge is 0.219 e. The fourth-order valence-electron chi connectivity index (χ4n) is 4.41. The minimum atomic E-state index is 0.122. The number of aromatic nitrogens is 2. The van der Waals surface area contributed by atoms with Crippen molar-refractivity contribution in [1.29, 1.82) is 0 Å². The maximum atomic E-state index is 11.9. The first-order chi connectivity index (χ1) is 19.7. The number of amidine groups is 1. The van der Waals surface area contributed by atoms with E-state index in [-0.39, 0.29) is 5.91 Å². The monoisotopic (exact) mass is 575 g/mol. The van der Waals surface area contributed by atoms with Gasteiger partial charge in [0.25, 0.3) is 0 Å². The quantitative estimate of drug-likeness (QED) is 0.203. The van der Waals surface area contributed by atoms with Crippen LogP contribution in [-0.2, 0) is 4.79 Å². The van der Waals surface area contributed by atoms with Gasteiger partial charge < -0.3 is 15.1 Å². The van der Waals surface area contributed by atoms with E-state index >= 15 is 0 Å². The standard InChI is InChI=1S/C32H45N7OS/c1-8-10-12-30(39-17-15-38(16-18-39)26(6)40)37-31(35-21-27(11-9-2)14-13-23(3)33-7)29-19-28(22-34-25(29)5)32-36-20-24(4)41-32/h11-14,19-20,22H,8-10,15-18,21H2,1-7H3,(H,35,37)/b14-13-,27-11-,30-12-,33-23-. The zero-order chi connectivity index (χ0) is 29.8. The summed E-state index contributed by atoms with van der Waals surface area (Å²) in [6.07, 6.45) is 15.3. The normalized spacial score (nSPS) is 15.7. The highest BCUT2D eigenvalue weighted by atomic mass is 32.1. The molecule has 0 aromatic carbocycles. The van der Waals surface area contributed by atoms with Gasteiger partial charge in [-0.3, -0.25) is 14.8 Å². The van der Waals surface area contributed by atoms with Gasteiger partial charge in [-0.1, -0.05) is 32.4 Å². The van der Waals surface area contributed by atoms with Crippen molar-refractivity contribution in [3.63, 3.8) is 0 Å². The van der Waals surface area contributed by atoms with Crippen molar-refractivity contribution < 1.29 is 4.79 Å². The van der Waals surface area contributed by atoms with Crippen molar-refractivity contribution in [2.45, 2.75) is 60.8 Å². The lowest BCUT2D eigenvalue weighted by molar-refractivity contribution is -0.130. The van der Waals surface area contributed by atoms with E-state index in [1.807, 2.05) is 37.2 Å². The molecule has 0 unspecified atom stereocenters. The number of allylic oxidation sites excluding steroid dienone is 3. The molecule has 1 aliphatic heterocycles. The largest absolute Gasteiger partial charge is 0.365 e. The number of amides is 1. The number of carbonyl (C=O) groups excluding carboxylic acids is 1. The summed E-state index contributed by atoms with van der Waals surface area (Å²) in [7, 11) is 1.80. The number of nitrogens with zero attached hydrogens (tertiary/aromatic N) is 6. The van der Waals surface area contributed by atoms with Crippen LogP contribution < -0.4 is 5.32 Å². The Labute approximate surface area is 249 Å². The number of aliphatic imine (C=N–C) groups is 2. The Hall–Kier alpha value is -3.59. The van der Waals surface area contributed by atoms with Gasteiger partial charge in [0.15, 0.2) is 0 Å². The molecule has 2 aromatic rings. The number of rotatable bonds is 11.